The summed E-state index contributed by atoms with van der Waals surface area (Å²) in [6.07, 6.45) is -1.75. The Kier molecular flexibility index (Phi) is 7.74. The number of aromatic nitrogens is 1. The van der Waals surface area contributed by atoms with Crippen LogP contribution in [0, 0.1) is 5.92 Å². The molecule has 0 spiro atoms. The summed E-state index contributed by atoms with van der Waals surface area (Å²) in [5.41, 5.74) is 3.17. The van der Waals surface area contributed by atoms with Gasteiger partial charge in [0.25, 0.3) is 5.91 Å². The molecular formula is C28H31ClF3N3O3S. The van der Waals surface area contributed by atoms with Crippen LogP contribution in [0.3, 0.4) is 0 Å². The van der Waals surface area contributed by atoms with E-state index in [1.165, 1.54) is 12.1 Å². The lowest BCUT2D eigenvalue weighted by Crippen LogP contribution is -2.38. The van der Waals surface area contributed by atoms with Crippen molar-refractivity contribution in [3.05, 3.63) is 64.3 Å². The van der Waals surface area contributed by atoms with E-state index in [1.54, 1.807) is 19.1 Å². The minimum absolute atomic E-state index is 0.0252. The third kappa shape index (κ3) is 6.12. The van der Waals surface area contributed by atoms with Gasteiger partial charge in [-0.3, -0.25) is 9.69 Å². The molecule has 39 heavy (non-hydrogen) atoms. The molecule has 210 valence electrons. The highest BCUT2D eigenvalue weighted by atomic mass is 35.5. The molecule has 0 unspecified atom stereocenters. The lowest BCUT2D eigenvalue weighted by atomic mass is 9.96. The van der Waals surface area contributed by atoms with Gasteiger partial charge in [-0.15, -0.1) is 0 Å². The van der Waals surface area contributed by atoms with Crippen LogP contribution in [-0.2, 0) is 22.9 Å². The van der Waals surface area contributed by atoms with Gasteiger partial charge in [0.05, 0.1) is 16.6 Å². The molecule has 2 heterocycles. The van der Waals surface area contributed by atoms with Crippen molar-refractivity contribution in [2.24, 2.45) is 5.92 Å². The molecule has 1 amide bonds. The Morgan fingerprint density at radius 1 is 1.05 bits per heavy atom. The Balaban J connectivity index is 1.29. The largest absolute Gasteiger partial charge is 0.391 e. The fourth-order valence-electron chi connectivity index (χ4n) is 5.28. The molecule has 1 N–H and O–H groups in total. The molecule has 5 rings (SSSR count). The zero-order chi connectivity index (χ0) is 27.9. The summed E-state index contributed by atoms with van der Waals surface area (Å²) in [4.78, 5) is 15.2. The standard InChI is InChI=1S/C28H31ClF3N3O3S/c1-2-39(37,38)24-7-3-19(25(29)15-24)16-33-27(36)18-4-8-26-20(13-18)14-23(35(26)22-5-6-22)17-34-11-9-21(10-12-34)28(30,31)32/h3-4,7-8,13-15,21-22H,2,5-6,9-12,16-17H2,1H3,(H,33,36). The number of nitrogens with zero attached hydrogens (tertiary/aromatic N) is 2. The van der Waals surface area contributed by atoms with Crippen LogP contribution in [0.4, 0.5) is 13.2 Å². The highest BCUT2D eigenvalue weighted by molar-refractivity contribution is 7.91. The van der Waals surface area contributed by atoms with Gasteiger partial charge in [-0.1, -0.05) is 24.6 Å². The maximum atomic E-state index is 13.1. The van der Waals surface area contributed by atoms with Gasteiger partial charge in [0.15, 0.2) is 9.84 Å². The van der Waals surface area contributed by atoms with Crippen molar-refractivity contribution in [1.82, 2.24) is 14.8 Å². The summed E-state index contributed by atoms with van der Waals surface area (Å²) in [5, 5.41) is 4.04. The first-order chi connectivity index (χ1) is 18.5. The van der Waals surface area contributed by atoms with Crippen LogP contribution in [0.2, 0.25) is 5.02 Å². The maximum absolute atomic E-state index is 13.1. The third-order valence-electron chi connectivity index (χ3n) is 7.73. The molecule has 2 aromatic carbocycles. The number of fused-ring (bicyclic) bond motifs is 1. The number of sulfone groups is 1. The molecule has 1 saturated carbocycles. The third-order valence-corrected chi connectivity index (χ3v) is 9.82. The Bertz CT molecular complexity index is 1490. The number of hydrogen-bond donors (Lipinski definition) is 1. The highest BCUT2D eigenvalue weighted by Gasteiger charge is 2.41. The van der Waals surface area contributed by atoms with E-state index in [1.807, 2.05) is 18.2 Å². The lowest BCUT2D eigenvalue weighted by Gasteiger charge is -2.33. The first-order valence-corrected chi connectivity index (χ1v) is 15.2. The van der Waals surface area contributed by atoms with Crippen LogP contribution < -0.4 is 5.32 Å². The number of carbonyl (C=O) groups excluding carboxylic acids is 1. The van der Waals surface area contributed by atoms with Crippen LogP contribution in [0.25, 0.3) is 10.9 Å². The van der Waals surface area contributed by atoms with Crippen LogP contribution in [-0.4, -0.2) is 48.8 Å². The number of amides is 1. The van der Waals surface area contributed by atoms with Crippen molar-refractivity contribution >= 4 is 38.2 Å². The van der Waals surface area contributed by atoms with Gasteiger partial charge in [-0.25, -0.2) is 8.42 Å². The number of halogens is 4. The fourth-order valence-corrected chi connectivity index (χ4v) is 6.50. The van der Waals surface area contributed by atoms with E-state index >= 15 is 0 Å². The van der Waals surface area contributed by atoms with E-state index in [4.69, 9.17) is 11.6 Å². The number of carbonyl (C=O) groups is 1. The maximum Gasteiger partial charge on any atom is 0.391 e. The second-order valence-electron chi connectivity index (χ2n) is 10.4. The van der Waals surface area contributed by atoms with Gasteiger partial charge in [0.2, 0.25) is 0 Å². The highest BCUT2D eigenvalue weighted by Crippen LogP contribution is 2.41. The zero-order valence-corrected chi connectivity index (χ0v) is 23.2. The van der Waals surface area contributed by atoms with E-state index in [9.17, 15) is 26.4 Å². The molecule has 0 radical (unpaired) electrons. The normalized spacial score (nSPS) is 17.6. The Labute approximate surface area is 231 Å². The fraction of sp³-hybridized carbons (Fsp3) is 0.464. The van der Waals surface area contributed by atoms with Crippen LogP contribution in [0.1, 0.15) is 60.3 Å². The van der Waals surface area contributed by atoms with E-state index in [0.717, 1.165) is 29.4 Å². The molecule has 6 nitrogen and oxygen atoms in total. The van der Waals surface area contributed by atoms with E-state index in [2.05, 4.69) is 14.8 Å². The topological polar surface area (TPSA) is 71.4 Å². The summed E-state index contributed by atoms with van der Waals surface area (Å²) in [6, 6.07) is 12.5. The van der Waals surface area contributed by atoms with Crippen LogP contribution in [0.15, 0.2) is 47.4 Å². The molecule has 0 bridgehead atoms. The quantitative estimate of drug-likeness (QED) is 0.347. The van der Waals surface area contributed by atoms with Crippen molar-refractivity contribution < 1.29 is 26.4 Å². The number of rotatable bonds is 8. The number of nitrogens with one attached hydrogen (secondary N) is 1. The lowest BCUT2D eigenvalue weighted by molar-refractivity contribution is -0.185. The molecule has 1 aromatic heterocycles. The molecule has 2 aliphatic rings. The monoisotopic (exact) mass is 581 g/mol. The predicted octanol–water partition coefficient (Wildman–Crippen LogP) is 6.13. The number of hydrogen-bond acceptors (Lipinski definition) is 4. The van der Waals surface area contributed by atoms with Gasteiger partial charge in [0.1, 0.15) is 0 Å². The smallest absolute Gasteiger partial charge is 0.348 e. The van der Waals surface area contributed by atoms with Crippen LogP contribution >= 0.6 is 11.6 Å². The van der Waals surface area contributed by atoms with Crippen molar-refractivity contribution in [3.63, 3.8) is 0 Å². The zero-order valence-electron chi connectivity index (χ0n) is 21.6. The van der Waals surface area contributed by atoms with Gasteiger partial charge in [0, 0.05) is 46.3 Å². The summed E-state index contributed by atoms with van der Waals surface area (Å²) in [5.74, 6) is -1.53. The predicted molar refractivity (Wildman–Crippen MR) is 145 cm³/mol. The number of alkyl halides is 3. The Hall–Kier alpha value is -2.56. The van der Waals surface area contributed by atoms with Gasteiger partial charge < -0.3 is 9.88 Å². The van der Waals surface area contributed by atoms with Gasteiger partial charge >= 0.3 is 6.18 Å². The molecule has 11 heteroatoms. The van der Waals surface area contributed by atoms with Crippen molar-refractivity contribution in [2.75, 3.05) is 18.8 Å². The molecule has 2 fully saturated rings. The molecule has 1 aliphatic carbocycles. The Morgan fingerprint density at radius 3 is 2.38 bits per heavy atom. The number of benzene rings is 2. The van der Waals surface area contributed by atoms with E-state index in [-0.39, 0.29) is 41.0 Å². The molecular weight excluding hydrogens is 551 g/mol. The van der Waals surface area contributed by atoms with E-state index in [0.29, 0.717) is 36.8 Å². The summed E-state index contributed by atoms with van der Waals surface area (Å²) in [7, 11) is -3.38. The minimum atomic E-state index is -4.13. The first-order valence-electron chi connectivity index (χ1n) is 13.2. The molecule has 0 atom stereocenters. The van der Waals surface area contributed by atoms with Crippen molar-refractivity contribution in [1.29, 1.82) is 0 Å². The second kappa shape index (κ2) is 10.8. The minimum Gasteiger partial charge on any atom is -0.348 e. The summed E-state index contributed by atoms with van der Waals surface area (Å²) < 4.78 is 65.7. The van der Waals surface area contributed by atoms with Gasteiger partial charge in [-0.2, -0.15) is 13.2 Å². The first kappa shape index (κ1) is 28.0. The number of piperidine rings is 1. The molecule has 1 aliphatic heterocycles. The Morgan fingerprint density at radius 2 is 1.77 bits per heavy atom. The van der Waals surface area contributed by atoms with Gasteiger partial charge in [-0.05, 0) is 80.7 Å². The van der Waals surface area contributed by atoms with Crippen molar-refractivity contribution in [3.8, 4) is 0 Å². The average molecular weight is 582 g/mol. The summed E-state index contributed by atoms with van der Waals surface area (Å²) >= 11 is 6.29. The molecule has 1 saturated heterocycles. The SMILES string of the molecule is CCS(=O)(=O)c1ccc(CNC(=O)c2ccc3c(c2)cc(CN2CCC(C(F)(F)F)CC2)n3C2CC2)c(Cl)c1. The average Bonchev–Trinajstić information content (AvgIpc) is 3.67. The van der Waals surface area contributed by atoms with E-state index < -0.39 is 21.9 Å². The second-order valence-corrected chi connectivity index (χ2v) is 13.1. The number of likely N-dealkylation sites (tertiary alicyclic amines) is 1. The van der Waals surface area contributed by atoms with Crippen LogP contribution in [0.5, 0.6) is 0 Å². The summed E-state index contributed by atoms with van der Waals surface area (Å²) in [6.45, 7) is 3.12. The molecule has 3 aromatic rings. The van der Waals surface area contributed by atoms with Crippen molar-refractivity contribution in [2.45, 2.75) is 62.8 Å².